The van der Waals surface area contributed by atoms with Gasteiger partial charge in [0, 0.05) is 29.3 Å². The summed E-state index contributed by atoms with van der Waals surface area (Å²) in [6, 6.07) is 8.22. The lowest BCUT2D eigenvalue weighted by Gasteiger charge is -2.22. The zero-order valence-corrected chi connectivity index (χ0v) is 14.8. The molecule has 1 atom stereocenters. The Labute approximate surface area is 140 Å². The van der Waals surface area contributed by atoms with Gasteiger partial charge in [0.05, 0.1) is 11.4 Å². The normalized spacial score (nSPS) is 22.4. The Morgan fingerprint density at radius 2 is 2.05 bits per heavy atom. The van der Waals surface area contributed by atoms with Gasteiger partial charge in [-0.25, -0.2) is 4.68 Å². The number of likely N-dealkylation sites (tertiary alicyclic amines) is 1. The molecule has 3 rings (SSSR count). The molecule has 0 aliphatic carbocycles. The molecule has 2 aromatic rings. The topological polar surface area (TPSA) is 47.1 Å². The number of benzene rings is 1. The van der Waals surface area contributed by atoms with E-state index in [2.05, 4.69) is 58.1 Å². The first-order valence-corrected chi connectivity index (χ1v) is 8.52. The van der Waals surface area contributed by atoms with E-state index in [1.807, 2.05) is 16.8 Å². The van der Waals surface area contributed by atoms with Gasteiger partial charge < -0.3 is 5.73 Å². The lowest BCUT2D eigenvalue weighted by Crippen LogP contribution is -2.31. The van der Waals surface area contributed by atoms with Gasteiger partial charge in [0.15, 0.2) is 0 Å². The lowest BCUT2D eigenvalue weighted by molar-refractivity contribution is 0.274. The van der Waals surface area contributed by atoms with E-state index in [0.717, 1.165) is 42.0 Å². The maximum absolute atomic E-state index is 5.90. The fraction of sp³-hybridized carbons (Fsp3) is 0.471. The Balaban J connectivity index is 1.74. The maximum Gasteiger partial charge on any atom is 0.0646 e. The standard InChI is InChI=1S/C17H23BrN4/c1-13-14(9-21-8-7-17(2,11-19)12-21)10-22(20-13)16-5-3-15(18)4-6-16/h3-6,10H,7-9,11-12,19H2,1-2H3. The Hall–Kier alpha value is -1.17. The van der Waals surface area contributed by atoms with E-state index in [1.165, 1.54) is 12.0 Å². The minimum Gasteiger partial charge on any atom is -0.330 e. The fourth-order valence-electron chi connectivity index (χ4n) is 3.05. The van der Waals surface area contributed by atoms with Gasteiger partial charge in [0.1, 0.15) is 0 Å². The quantitative estimate of drug-likeness (QED) is 0.908. The second-order valence-electron chi connectivity index (χ2n) is 6.64. The number of halogens is 1. The average Bonchev–Trinajstić information content (AvgIpc) is 3.05. The summed E-state index contributed by atoms with van der Waals surface area (Å²) < 4.78 is 3.05. The highest BCUT2D eigenvalue weighted by atomic mass is 79.9. The van der Waals surface area contributed by atoms with E-state index in [4.69, 9.17) is 5.73 Å². The Kier molecular flexibility index (Phi) is 4.39. The highest BCUT2D eigenvalue weighted by Gasteiger charge is 2.32. The molecule has 5 heteroatoms. The maximum atomic E-state index is 5.90. The largest absolute Gasteiger partial charge is 0.330 e. The van der Waals surface area contributed by atoms with Crippen molar-refractivity contribution in [3.8, 4) is 5.69 Å². The average molecular weight is 363 g/mol. The summed E-state index contributed by atoms with van der Waals surface area (Å²) in [5.74, 6) is 0. The zero-order chi connectivity index (χ0) is 15.7. The van der Waals surface area contributed by atoms with Crippen LogP contribution < -0.4 is 5.73 Å². The molecular formula is C17H23BrN4. The van der Waals surface area contributed by atoms with Crippen molar-refractivity contribution in [3.63, 3.8) is 0 Å². The van der Waals surface area contributed by atoms with Crippen LogP contribution in [0.1, 0.15) is 24.6 Å². The molecule has 1 unspecified atom stereocenters. The molecular weight excluding hydrogens is 340 g/mol. The molecule has 0 bridgehead atoms. The van der Waals surface area contributed by atoms with Crippen molar-refractivity contribution in [2.45, 2.75) is 26.8 Å². The third-order valence-corrected chi connectivity index (χ3v) is 5.14. The van der Waals surface area contributed by atoms with Crippen LogP contribution in [0.5, 0.6) is 0 Å². The SMILES string of the molecule is Cc1nn(-c2ccc(Br)cc2)cc1CN1CCC(C)(CN)C1. The van der Waals surface area contributed by atoms with Crippen LogP contribution in [0.3, 0.4) is 0 Å². The summed E-state index contributed by atoms with van der Waals surface area (Å²) in [5, 5.41) is 4.66. The first kappa shape index (κ1) is 15.7. The van der Waals surface area contributed by atoms with E-state index in [0.29, 0.717) is 0 Å². The number of nitrogens with two attached hydrogens (primary N) is 1. The summed E-state index contributed by atoms with van der Waals surface area (Å²) in [5.41, 5.74) is 9.66. The van der Waals surface area contributed by atoms with Gasteiger partial charge in [-0.15, -0.1) is 0 Å². The summed E-state index contributed by atoms with van der Waals surface area (Å²) in [4.78, 5) is 2.49. The van der Waals surface area contributed by atoms with Gasteiger partial charge in [0.2, 0.25) is 0 Å². The third-order valence-electron chi connectivity index (χ3n) is 4.62. The van der Waals surface area contributed by atoms with Gasteiger partial charge in [-0.3, -0.25) is 4.90 Å². The molecule has 1 aromatic carbocycles. The second kappa shape index (κ2) is 6.14. The molecule has 2 heterocycles. The van der Waals surface area contributed by atoms with Crippen molar-refractivity contribution in [2.75, 3.05) is 19.6 Å². The second-order valence-corrected chi connectivity index (χ2v) is 7.55. The van der Waals surface area contributed by atoms with Crippen LogP contribution in [-0.2, 0) is 6.54 Å². The van der Waals surface area contributed by atoms with Crippen LogP contribution in [-0.4, -0.2) is 34.3 Å². The monoisotopic (exact) mass is 362 g/mol. The molecule has 1 fully saturated rings. The van der Waals surface area contributed by atoms with Crippen LogP contribution >= 0.6 is 15.9 Å². The Morgan fingerprint density at radius 1 is 1.32 bits per heavy atom. The molecule has 1 aliphatic heterocycles. The predicted octanol–water partition coefficient (Wildman–Crippen LogP) is 3.11. The van der Waals surface area contributed by atoms with Crippen LogP contribution in [0, 0.1) is 12.3 Å². The Bertz CT molecular complexity index is 649. The van der Waals surface area contributed by atoms with Crippen LogP contribution in [0.4, 0.5) is 0 Å². The van der Waals surface area contributed by atoms with Crippen LogP contribution in [0.15, 0.2) is 34.9 Å². The van der Waals surface area contributed by atoms with Gasteiger partial charge in [0.25, 0.3) is 0 Å². The predicted molar refractivity (Wildman–Crippen MR) is 93.1 cm³/mol. The van der Waals surface area contributed by atoms with Crippen molar-refractivity contribution in [1.82, 2.24) is 14.7 Å². The van der Waals surface area contributed by atoms with Crippen molar-refractivity contribution >= 4 is 15.9 Å². The third kappa shape index (κ3) is 3.26. The minimum absolute atomic E-state index is 0.273. The summed E-state index contributed by atoms with van der Waals surface area (Å²) >= 11 is 3.47. The molecule has 0 spiro atoms. The van der Waals surface area contributed by atoms with E-state index in [9.17, 15) is 0 Å². The summed E-state index contributed by atoms with van der Waals surface area (Å²) in [7, 11) is 0. The number of nitrogens with zero attached hydrogens (tertiary/aromatic N) is 3. The number of aryl methyl sites for hydroxylation is 1. The molecule has 1 aliphatic rings. The smallest absolute Gasteiger partial charge is 0.0646 e. The van der Waals surface area contributed by atoms with E-state index in [-0.39, 0.29) is 5.41 Å². The zero-order valence-electron chi connectivity index (χ0n) is 13.2. The molecule has 118 valence electrons. The molecule has 22 heavy (non-hydrogen) atoms. The highest BCUT2D eigenvalue weighted by Crippen LogP contribution is 2.30. The first-order chi connectivity index (χ1) is 10.5. The van der Waals surface area contributed by atoms with Crippen molar-refractivity contribution in [1.29, 1.82) is 0 Å². The Morgan fingerprint density at radius 3 is 2.68 bits per heavy atom. The highest BCUT2D eigenvalue weighted by molar-refractivity contribution is 9.10. The van der Waals surface area contributed by atoms with Crippen molar-refractivity contribution < 1.29 is 0 Å². The number of hydrogen-bond donors (Lipinski definition) is 1. The number of aromatic nitrogens is 2. The molecule has 0 radical (unpaired) electrons. The van der Waals surface area contributed by atoms with Gasteiger partial charge in [-0.2, -0.15) is 5.10 Å². The van der Waals surface area contributed by atoms with Gasteiger partial charge in [-0.1, -0.05) is 22.9 Å². The van der Waals surface area contributed by atoms with Crippen LogP contribution in [0.2, 0.25) is 0 Å². The fourth-order valence-corrected chi connectivity index (χ4v) is 3.31. The van der Waals surface area contributed by atoms with Crippen molar-refractivity contribution in [2.24, 2.45) is 11.1 Å². The minimum atomic E-state index is 0.273. The lowest BCUT2D eigenvalue weighted by atomic mass is 9.90. The van der Waals surface area contributed by atoms with Crippen LogP contribution in [0.25, 0.3) is 5.69 Å². The molecule has 1 aromatic heterocycles. The van der Waals surface area contributed by atoms with Gasteiger partial charge in [-0.05, 0) is 56.1 Å². The van der Waals surface area contributed by atoms with E-state index < -0.39 is 0 Å². The molecule has 4 nitrogen and oxygen atoms in total. The van der Waals surface area contributed by atoms with E-state index >= 15 is 0 Å². The molecule has 0 saturated carbocycles. The molecule has 1 saturated heterocycles. The molecule has 2 N–H and O–H groups in total. The summed E-state index contributed by atoms with van der Waals surface area (Å²) in [6.07, 6.45) is 3.33. The van der Waals surface area contributed by atoms with E-state index in [1.54, 1.807) is 0 Å². The number of hydrogen-bond acceptors (Lipinski definition) is 3. The van der Waals surface area contributed by atoms with Crippen molar-refractivity contribution in [3.05, 3.63) is 46.2 Å². The number of rotatable bonds is 4. The van der Waals surface area contributed by atoms with Gasteiger partial charge >= 0.3 is 0 Å². The first-order valence-electron chi connectivity index (χ1n) is 7.73. The summed E-state index contributed by atoms with van der Waals surface area (Å²) in [6.45, 7) is 8.29. The molecule has 0 amide bonds.